The monoisotopic (exact) mass is 188 g/mol. The first-order chi connectivity index (χ1) is 6.65. The first kappa shape index (κ1) is 9.25. The number of fused-ring (bicyclic) bond motifs is 1. The van der Waals surface area contributed by atoms with E-state index in [0.717, 1.165) is 12.1 Å². The number of aromatic nitrogens is 2. The second-order valence-corrected chi connectivity index (χ2v) is 4.09. The van der Waals surface area contributed by atoms with Gasteiger partial charge in [-0.15, -0.1) is 0 Å². The third-order valence-corrected chi connectivity index (χ3v) is 2.98. The molecule has 1 aromatic heterocycles. The molecule has 0 saturated carbocycles. The Morgan fingerprint density at radius 2 is 2.21 bits per heavy atom. The maximum absolute atomic E-state index is 4.44. The molecule has 0 aromatic carbocycles. The van der Waals surface area contributed by atoms with Gasteiger partial charge in [0.1, 0.15) is 0 Å². The Morgan fingerprint density at radius 3 is 2.93 bits per heavy atom. The van der Waals surface area contributed by atoms with E-state index in [0.29, 0.717) is 0 Å². The van der Waals surface area contributed by atoms with Crippen LogP contribution in [0.5, 0.6) is 0 Å². The summed E-state index contributed by atoms with van der Waals surface area (Å²) in [7, 11) is 0. The van der Waals surface area contributed by atoms with Gasteiger partial charge >= 0.3 is 0 Å². The van der Waals surface area contributed by atoms with Gasteiger partial charge < -0.3 is 0 Å². The molecule has 1 aromatic rings. The van der Waals surface area contributed by atoms with Crippen LogP contribution in [0.1, 0.15) is 31.7 Å². The number of allylic oxidation sites excluding steroid dienone is 3. The lowest BCUT2D eigenvalue weighted by Gasteiger charge is -2.23. The zero-order valence-electron chi connectivity index (χ0n) is 8.99. The summed E-state index contributed by atoms with van der Waals surface area (Å²) in [5.41, 5.74) is 2.48. The largest absolute Gasteiger partial charge is 0.244 e. The van der Waals surface area contributed by atoms with E-state index in [4.69, 9.17) is 0 Å². The smallest absolute Gasteiger partial charge is 0.0601 e. The Hall–Kier alpha value is -1.31. The Morgan fingerprint density at radius 1 is 1.43 bits per heavy atom. The molecule has 14 heavy (non-hydrogen) atoms. The molecule has 1 aliphatic heterocycles. The van der Waals surface area contributed by atoms with E-state index < -0.39 is 0 Å². The van der Waals surface area contributed by atoms with Crippen LogP contribution in [0.4, 0.5) is 0 Å². The zero-order chi connectivity index (χ0) is 10.2. The van der Waals surface area contributed by atoms with Crippen molar-refractivity contribution in [3.8, 4) is 0 Å². The van der Waals surface area contributed by atoms with Gasteiger partial charge in [0.05, 0.1) is 11.4 Å². The van der Waals surface area contributed by atoms with Crippen LogP contribution in [0, 0.1) is 6.92 Å². The summed E-state index contributed by atoms with van der Waals surface area (Å²) < 4.78 is 1.98. The highest BCUT2D eigenvalue weighted by Gasteiger charge is 2.26. The summed E-state index contributed by atoms with van der Waals surface area (Å²) in [6.07, 6.45) is 9.50. The zero-order valence-corrected chi connectivity index (χ0v) is 8.99. The molecule has 1 aliphatic rings. The molecule has 0 amide bonds. The summed E-state index contributed by atoms with van der Waals surface area (Å²) in [5, 5.41) is 4.44. The summed E-state index contributed by atoms with van der Waals surface area (Å²) >= 11 is 0. The van der Waals surface area contributed by atoms with Crippen LogP contribution >= 0.6 is 0 Å². The minimum Gasteiger partial charge on any atom is -0.244 e. The van der Waals surface area contributed by atoms with Crippen molar-refractivity contribution in [2.24, 2.45) is 0 Å². The molecule has 0 fully saturated rings. The molecule has 1 unspecified atom stereocenters. The lowest BCUT2D eigenvalue weighted by Crippen LogP contribution is -2.20. The molecule has 2 nitrogen and oxygen atoms in total. The first-order valence-electron chi connectivity index (χ1n) is 5.08. The molecule has 2 heteroatoms. The van der Waals surface area contributed by atoms with Gasteiger partial charge in [-0.3, -0.25) is 0 Å². The number of aryl methyl sites for hydroxylation is 1. The minimum atomic E-state index is 0.116. The molecule has 0 saturated heterocycles. The second-order valence-electron chi connectivity index (χ2n) is 4.09. The van der Waals surface area contributed by atoms with Crippen LogP contribution in [0.25, 0.3) is 6.20 Å². The Balaban J connectivity index is 2.60. The second kappa shape index (κ2) is 3.12. The normalized spacial score (nSPS) is 24.8. The van der Waals surface area contributed by atoms with E-state index in [2.05, 4.69) is 37.2 Å². The topological polar surface area (TPSA) is 17.8 Å². The molecule has 1 atom stereocenters. The average Bonchev–Trinajstić information content (AvgIpc) is 2.48. The summed E-state index contributed by atoms with van der Waals surface area (Å²) in [4.78, 5) is 0. The fourth-order valence-electron chi connectivity index (χ4n) is 1.84. The highest BCUT2D eigenvalue weighted by atomic mass is 15.3. The van der Waals surface area contributed by atoms with Gasteiger partial charge in [0.2, 0.25) is 0 Å². The van der Waals surface area contributed by atoms with E-state index in [-0.39, 0.29) is 5.41 Å². The number of rotatable bonds is 1. The lowest BCUT2D eigenvalue weighted by molar-refractivity contribution is 0.540. The number of hydrogen-bond donors (Lipinski definition) is 0. The predicted octanol–water partition coefficient (Wildman–Crippen LogP) is 2.90. The van der Waals surface area contributed by atoms with Crippen LogP contribution in [0.15, 0.2) is 24.3 Å². The van der Waals surface area contributed by atoms with Gasteiger partial charge in [0, 0.05) is 11.6 Å². The van der Waals surface area contributed by atoms with Crippen LogP contribution in [-0.4, -0.2) is 9.78 Å². The van der Waals surface area contributed by atoms with Gasteiger partial charge in [0.15, 0.2) is 0 Å². The number of hydrogen-bond acceptors (Lipinski definition) is 1. The summed E-state index contributed by atoms with van der Waals surface area (Å²) in [5.74, 6) is 0. The van der Waals surface area contributed by atoms with Crippen molar-refractivity contribution >= 4 is 6.20 Å². The lowest BCUT2D eigenvalue weighted by atomic mass is 9.83. The standard InChI is InChI=1S/C12H16N2/c1-4-12(3)7-5-6-8-14-11(12)9-10(2)13-14/h5-9H,4H2,1-3H3. The van der Waals surface area contributed by atoms with Crippen LogP contribution in [-0.2, 0) is 5.41 Å². The molecular weight excluding hydrogens is 172 g/mol. The molecule has 2 rings (SSSR count). The predicted molar refractivity (Wildman–Crippen MR) is 59.1 cm³/mol. The van der Waals surface area contributed by atoms with Crippen LogP contribution < -0.4 is 0 Å². The summed E-state index contributed by atoms with van der Waals surface area (Å²) in [6, 6.07) is 2.17. The average molecular weight is 188 g/mol. The highest BCUT2D eigenvalue weighted by Crippen LogP contribution is 2.31. The molecule has 0 radical (unpaired) electrons. The fraction of sp³-hybridized carbons (Fsp3) is 0.417. The Bertz CT molecular complexity index is 398. The Labute approximate surface area is 84.9 Å². The van der Waals surface area contributed by atoms with Crippen molar-refractivity contribution in [2.75, 3.05) is 0 Å². The van der Waals surface area contributed by atoms with Crippen LogP contribution in [0.2, 0.25) is 0 Å². The van der Waals surface area contributed by atoms with Gasteiger partial charge in [0.25, 0.3) is 0 Å². The molecule has 2 heterocycles. The molecule has 0 N–H and O–H groups in total. The third kappa shape index (κ3) is 1.31. The number of nitrogens with zero attached hydrogens (tertiary/aromatic N) is 2. The van der Waals surface area contributed by atoms with Crippen LogP contribution in [0.3, 0.4) is 0 Å². The highest BCUT2D eigenvalue weighted by molar-refractivity contribution is 5.40. The van der Waals surface area contributed by atoms with E-state index in [1.54, 1.807) is 0 Å². The molecule has 0 spiro atoms. The van der Waals surface area contributed by atoms with Crippen molar-refractivity contribution in [2.45, 2.75) is 32.6 Å². The van der Waals surface area contributed by atoms with Gasteiger partial charge in [-0.1, -0.05) is 26.0 Å². The van der Waals surface area contributed by atoms with Gasteiger partial charge in [-0.05, 0) is 25.5 Å². The van der Waals surface area contributed by atoms with E-state index in [1.165, 1.54) is 5.69 Å². The molecule has 0 aliphatic carbocycles. The summed E-state index contributed by atoms with van der Waals surface area (Å²) in [6.45, 7) is 6.50. The first-order valence-corrected chi connectivity index (χ1v) is 5.08. The van der Waals surface area contributed by atoms with Crippen molar-refractivity contribution in [3.63, 3.8) is 0 Å². The molecule has 0 bridgehead atoms. The third-order valence-electron chi connectivity index (χ3n) is 2.98. The fourth-order valence-corrected chi connectivity index (χ4v) is 1.84. The van der Waals surface area contributed by atoms with Crippen molar-refractivity contribution < 1.29 is 0 Å². The maximum Gasteiger partial charge on any atom is 0.0601 e. The quantitative estimate of drug-likeness (QED) is 0.662. The van der Waals surface area contributed by atoms with E-state index >= 15 is 0 Å². The SMILES string of the molecule is CCC1(C)C=CC=Cn2nc(C)cc21. The van der Waals surface area contributed by atoms with E-state index in [9.17, 15) is 0 Å². The van der Waals surface area contributed by atoms with Gasteiger partial charge in [-0.25, -0.2) is 4.68 Å². The molecule has 74 valence electrons. The Kier molecular flexibility index (Phi) is 2.06. The van der Waals surface area contributed by atoms with Gasteiger partial charge in [-0.2, -0.15) is 5.10 Å². The van der Waals surface area contributed by atoms with Crippen molar-refractivity contribution in [1.29, 1.82) is 0 Å². The van der Waals surface area contributed by atoms with Crippen molar-refractivity contribution in [1.82, 2.24) is 9.78 Å². The van der Waals surface area contributed by atoms with Crippen molar-refractivity contribution in [3.05, 3.63) is 35.7 Å². The minimum absolute atomic E-state index is 0.116. The van der Waals surface area contributed by atoms with E-state index in [1.807, 2.05) is 23.9 Å². The maximum atomic E-state index is 4.44. The molecular formula is C12H16N2.